The standard InChI is InChI=1S/C12H24N2OS.ClH/c1-4-16-11(9(2)3)12(15)14-7-5-10(13)6-8-14;/h9-11H,4-8,13H2,1-3H3;1H. The number of likely N-dealkylation sites (tertiary alicyclic amines) is 1. The van der Waals surface area contributed by atoms with Crippen molar-refractivity contribution in [2.75, 3.05) is 18.8 Å². The molecular weight excluding hydrogens is 256 g/mol. The lowest BCUT2D eigenvalue weighted by Gasteiger charge is -2.33. The summed E-state index contributed by atoms with van der Waals surface area (Å²) in [5, 5.41) is 0.124. The Labute approximate surface area is 115 Å². The van der Waals surface area contributed by atoms with Crippen molar-refractivity contribution in [1.29, 1.82) is 0 Å². The van der Waals surface area contributed by atoms with Crippen molar-refractivity contribution < 1.29 is 4.79 Å². The van der Waals surface area contributed by atoms with Gasteiger partial charge in [0.15, 0.2) is 0 Å². The summed E-state index contributed by atoms with van der Waals surface area (Å²) in [6, 6.07) is 0.292. The SMILES string of the molecule is CCSC(C(=O)N1CCC(N)CC1)C(C)C.Cl. The van der Waals surface area contributed by atoms with Gasteiger partial charge in [0.25, 0.3) is 0 Å². The zero-order chi connectivity index (χ0) is 12.1. The zero-order valence-electron chi connectivity index (χ0n) is 11.0. The molecule has 1 fully saturated rings. The molecule has 0 aromatic rings. The van der Waals surface area contributed by atoms with Crippen molar-refractivity contribution in [2.45, 2.75) is 44.9 Å². The van der Waals surface area contributed by atoms with Gasteiger partial charge in [0.1, 0.15) is 0 Å². The number of rotatable bonds is 4. The minimum absolute atomic E-state index is 0. The molecular formula is C12H25ClN2OS. The number of piperidine rings is 1. The fourth-order valence-corrected chi connectivity index (χ4v) is 3.06. The molecule has 2 N–H and O–H groups in total. The second-order valence-corrected chi connectivity index (χ2v) is 6.20. The molecule has 0 aromatic heterocycles. The van der Waals surface area contributed by atoms with E-state index in [-0.39, 0.29) is 17.7 Å². The van der Waals surface area contributed by atoms with E-state index < -0.39 is 0 Å². The molecule has 0 saturated carbocycles. The fourth-order valence-electron chi connectivity index (χ4n) is 2.03. The zero-order valence-corrected chi connectivity index (χ0v) is 12.6. The van der Waals surface area contributed by atoms with E-state index in [1.54, 1.807) is 11.8 Å². The van der Waals surface area contributed by atoms with Crippen LogP contribution in [0, 0.1) is 5.92 Å². The maximum absolute atomic E-state index is 12.3. The van der Waals surface area contributed by atoms with Crippen molar-refractivity contribution in [3.05, 3.63) is 0 Å². The summed E-state index contributed by atoms with van der Waals surface area (Å²) in [5.41, 5.74) is 5.85. The molecule has 3 nitrogen and oxygen atoms in total. The van der Waals surface area contributed by atoms with Crippen molar-refractivity contribution in [1.82, 2.24) is 4.90 Å². The van der Waals surface area contributed by atoms with Crippen LogP contribution in [0.15, 0.2) is 0 Å². The van der Waals surface area contributed by atoms with Crippen LogP contribution in [0.3, 0.4) is 0 Å². The van der Waals surface area contributed by atoms with E-state index in [9.17, 15) is 4.79 Å². The molecule has 1 unspecified atom stereocenters. The monoisotopic (exact) mass is 280 g/mol. The molecule has 1 aliphatic rings. The van der Waals surface area contributed by atoms with E-state index in [1.165, 1.54) is 0 Å². The van der Waals surface area contributed by atoms with Crippen LogP contribution in [0.25, 0.3) is 0 Å². The topological polar surface area (TPSA) is 46.3 Å². The summed E-state index contributed by atoms with van der Waals surface area (Å²) in [4.78, 5) is 14.3. The molecule has 1 atom stereocenters. The molecule has 0 spiro atoms. The minimum atomic E-state index is 0. The number of carbonyl (C=O) groups excluding carboxylic acids is 1. The number of amides is 1. The number of halogens is 1. The average molecular weight is 281 g/mol. The maximum Gasteiger partial charge on any atom is 0.235 e. The Bertz CT molecular complexity index is 231. The van der Waals surface area contributed by atoms with E-state index in [2.05, 4.69) is 20.8 Å². The van der Waals surface area contributed by atoms with E-state index in [4.69, 9.17) is 5.73 Å². The van der Waals surface area contributed by atoms with Crippen LogP contribution >= 0.6 is 24.2 Å². The van der Waals surface area contributed by atoms with E-state index in [0.717, 1.165) is 31.7 Å². The molecule has 0 aliphatic carbocycles. The smallest absolute Gasteiger partial charge is 0.235 e. The van der Waals surface area contributed by atoms with Gasteiger partial charge in [-0.3, -0.25) is 4.79 Å². The number of carbonyl (C=O) groups is 1. The van der Waals surface area contributed by atoms with Gasteiger partial charge in [0, 0.05) is 19.1 Å². The highest BCUT2D eigenvalue weighted by Crippen LogP contribution is 2.23. The highest BCUT2D eigenvalue weighted by Gasteiger charge is 2.29. The molecule has 0 radical (unpaired) electrons. The van der Waals surface area contributed by atoms with Crippen LogP contribution in [-0.4, -0.2) is 40.9 Å². The predicted molar refractivity (Wildman–Crippen MR) is 77.8 cm³/mol. The largest absolute Gasteiger partial charge is 0.342 e. The van der Waals surface area contributed by atoms with E-state index in [0.29, 0.717) is 17.9 Å². The van der Waals surface area contributed by atoms with Gasteiger partial charge in [-0.1, -0.05) is 20.8 Å². The lowest BCUT2D eigenvalue weighted by atomic mass is 10.0. The first-order chi connectivity index (χ1) is 7.56. The Hall–Kier alpha value is 0.0700. The molecule has 1 rings (SSSR count). The van der Waals surface area contributed by atoms with Crippen molar-refractivity contribution in [2.24, 2.45) is 11.7 Å². The number of hydrogen-bond acceptors (Lipinski definition) is 3. The van der Waals surface area contributed by atoms with Crippen molar-refractivity contribution in [3.8, 4) is 0 Å². The molecule has 17 heavy (non-hydrogen) atoms. The minimum Gasteiger partial charge on any atom is -0.342 e. The first-order valence-corrected chi connectivity index (χ1v) is 7.27. The number of hydrogen-bond donors (Lipinski definition) is 1. The van der Waals surface area contributed by atoms with Gasteiger partial charge in [-0.25, -0.2) is 0 Å². The summed E-state index contributed by atoms with van der Waals surface area (Å²) in [7, 11) is 0. The van der Waals surface area contributed by atoms with Crippen molar-refractivity contribution in [3.63, 3.8) is 0 Å². The van der Waals surface area contributed by atoms with E-state index in [1.807, 2.05) is 4.90 Å². The lowest BCUT2D eigenvalue weighted by molar-refractivity contribution is -0.132. The van der Waals surface area contributed by atoms with E-state index >= 15 is 0 Å². The quantitative estimate of drug-likeness (QED) is 0.858. The Balaban J connectivity index is 0.00000256. The van der Waals surface area contributed by atoms with Gasteiger partial charge in [-0.2, -0.15) is 0 Å². The maximum atomic E-state index is 12.3. The molecule has 5 heteroatoms. The second kappa shape index (κ2) is 8.22. The third-order valence-corrected chi connectivity index (χ3v) is 4.48. The Kier molecular flexibility index (Phi) is 8.25. The highest BCUT2D eigenvalue weighted by atomic mass is 35.5. The van der Waals surface area contributed by atoms with Crippen molar-refractivity contribution >= 4 is 30.1 Å². The summed E-state index contributed by atoms with van der Waals surface area (Å²) in [5.74, 6) is 1.73. The first kappa shape index (κ1) is 17.1. The van der Waals surface area contributed by atoms with Gasteiger partial charge >= 0.3 is 0 Å². The molecule has 0 aromatic carbocycles. The Morgan fingerprint density at radius 2 is 1.94 bits per heavy atom. The van der Waals surface area contributed by atoms with Crippen LogP contribution in [0.1, 0.15) is 33.6 Å². The summed E-state index contributed by atoms with van der Waals surface area (Å²) >= 11 is 1.76. The third kappa shape index (κ3) is 5.06. The number of thioether (sulfide) groups is 1. The van der Waals surface area contributed by atoms with Crippen LogP contribution < -0.4 is 5.73 Å². The molecule has 1 amide bonds. The number of nitrogens with two attached hydrogens (primary N) is 1. The van der Waals surface area contributed by atoms with Gasteiger partial charge in [-0.15, -0.1) is 24.2 Å². The van der Waals surface area contributed by atoms with Gasteiger partial charge in [-0.05, 0) is 24.5 Å². The average Bonchev–Trinajstić information content (AvgIpc) is 2.25. The Morgan fingerprint density at radius 3 is 2.35 bits per heavy atom. The summed E-state index contributed by atoms with van der Waals surface area (Å²) in [6.45, 7) is 8.04. The molecule has 102 valence electrons. The number of nitrogens with zero attached hydrogens (tertiary/aromatic N) is 1. The molecule has 1 saturated heterocycles. The highest BCUT2D eigenvalue weighted by molar-refractivity contribution is 8.00. The summed E-state index contributed by atoms with van der Waals surface area (Å²) in [6.07, 6.45) is 1.90. The molecule has 0 bridgehead atoms. The Morgan fingerprint density at radius 1 is 1.41 bits per heavy atom. The molecule has 1 aliphatic heterocycles. The first-order valence-electron chi connectivity index (χ1n) is 6.22. The van der Waals surface area contributed by atoms with Crippen LogP contribution in [0.2, 0.25) is 0 Å². The van der Waals surface area contributed by atoms with Crippen LogP contribution in [-0.2, 0) is 4.79 Å². The van der Waals surface area contributed by atoms with Crippen LogP contribution in [0.5, 0.6) is 0 Å². The fraction of sp³-hybridized carbons (Fsp3) is 0.917. The van der Waals surface area contributed by atoms with Gasteiger partial charge in [0.2, 0.25) is 5.91 Å². The normalized spacial score (nSPS) is 19.0. The predicted octanol–water partition coefficient (Wildman–Crippen LogP) is 2.14. The second-order valence-electron chi connectivity index (χ2n) is 4.78. The third-order valence-electron chi connectivity index (χ3n) is 3.05. The van der Waals surface area contributed by atoms with Gasteiger partial charge in [0.05, 0.1) is 5.25 Å². The lowest BCUT2D eigenvalue weighted by Crippen LogP contribution is -2.47. The van der Waals surface area contributed by atoms with Gasteiger partial charge < -0.3 is 10.6 Å². The van der Waals surface area contributed by atoms with Crippen LogP contribution in [0.4, 0.5) is 0 Å². The molecule has 1 heterocycles. The summed E-state index contributed by atoms with van der Waals surface area (Å²) < 4.78 is 0.